The van der Waals surface area contributed by atoms with E-state index in [9.17, 15) is 4.39 Å². The predicted molar refractivity (Wildman–Crippen MR) is 74.1 cm³/mol. The number of piperidine rings is 1. The van der Waals surface area contributed by atoms with E-state index in [4.69, 9.17) is 5.73 Å². The monoisotopic (exact) mass is 251 g/mol. The molecule has 0 aromatic heterocycles. The Labute approximate surface area is 108 Å². The molecular weight excluding hydrogens is 229 g/mol. The first-order valence-corrected chi connectivity index (χ1v) is 6.46. The van der Waals surface area contributed by atoms with Crippen molar-refractivity contribution in [3.8, 4) is 0 Å². The molecule has 1 aliphatic heterocycles. The molecular formula is C14H22FN3. The Hall–Kier alpha value is -1.29. The molecule has 1 heterocycles. The summed E-state index contributed by atoms with van der Waals surface area (Å²) in [6.07, 6.45) is 2.32. The van der Waals surface area contributed by atoms with Crippen LogP contribution in [-0.4, -0.2) is 31.6 Å². The summed E-state index contributed by atoms with van der Waals surface area (Å²) in [7, 11) is 2.15. The number of likely N-dealkylation sites (tertiary alicyclic amines) is 1. The van der Waals surface area contributed by atoms with E-state index in [0.717, 1.165) is 32.5 Å². The average Bonchev–Trinajstić information content (AvgIpc) is 2.35. The lowest BCUT2D eigenvalue weighted by Gasteiger charge is -2.38. The summed E-state index contributed by atoms with van der Waals surface area (Å²) < 4.78 is 13.2. The first kappa shape index (κ1) is 13.1. The summed E-state index contributed by atoms with van der Waals surface area (Å²) in [5.74, 6) is -0.250. The lowest BCUT2D eigenvalue weighted by atomic mass is 9.80. The maximum atomic E-state index is 13.2. The van der Waals surface area contributed by atoms with Gasteiger partial charge >= 0.3 is 0 Å². The molecule has 1 fully saturated rings. The summed E-state index contributed by atoms with van der Waals surface area (Å²) in [5, 5.41) is 3.30. The van der Waals surface area contributed by atoms with Crippen LogP contribution in [0, 0.1) is 11.2 Å². The van der Waals surface area contributed by atoms with E-state index >= 15 is 0 Å². The third kappa shape index (κ3) is 3.13. The standard InChI is InChI=1S/C14H22FN3/c1-14(5-7-18(2)8-6-14)10-17-13-9-11(15)3-4-12(13)16/h3-4,9,17H,5-8,10,16H2,1-2H3. The van der Waals surface area contributed by atoms with E-state index in [-0.39, 0.29) is 11.2 Å². The number of nitrogens with two attached hydrogens (primary N) is 1. The van der Waals surface area contributed by atoms with Gasteiger partial charge in [-0.2, -0.15) is 0 Å². The van der Waals surface area contributed by atoms with Gasteiger partial charge in [0.05, 0.1) is 11.4 Å². The molecule has 0 saturated carbocycles. The number of hydrogen-bond acceptors (Lipinski definition) is 3. The van der Waals surface area contributed by atoms with Gasteiger partial charge in [-0.25, -0.2) is 4.39 Å². The van der Waals surface area contributed by atoms with Crippen molar-refractivity contribution in [2.75, 3.05) is 37.7 Å². The fourth-order valence-corrected chi connectivity index (χ4v) is 2.33. The van der Waals surface area contributed by atoms with Crippen molar-refractivity contribution in [2.24, 2.45) is 5.41 Å². The number of rotatable bonds is 3. The van der Waals surface area contributed by atoms with E-state index < -0.39 is 0 Å². The smallest absolute Gasteiger partial charge is 0.125 e. The molecule has 100 valence electrons. The van der Waals surface area contributed by atoms with Gasteiger partial charge in [0, 0.05) is 6.54 Å². The molecule has 0 aliphatic carbocycles. The SMILES string of the molecule is CN1CCC(C)(CNc2cc(F)ccc2N)CC1. The molecule has 1 aliphatic rings. The van der Waals surface area contributed by atoms with Gasteiger partial charge in [-0.15, -0.1) is 0 Å². The zero-order valence-electron chi connectivity index (χ0n) is 11.2. The first-order chi connectivity index (χ1) is 8.48. The average molecular weight is 251 g/mol. The minimum Gasteiger partial charge on any atom is -0.397 e. The van der Waals surface area contributed by atoms with E-state index in [1.54, 1.807) is 6.07 Å². The van der Waals surface area contributed by atoms with Crippen LogP contribution in [0.25, 0.3) is 0 Å². The highest BCUT2D eigenvalue weighted by molar-refractivity contribution is 5.65. The van der Waals surface area contributed by atoms with Gasteiger partial charge in [0.2, 0.25) is 0 Å². The Bertz CT molecular complexity index is 412. The van der Waals surface area contributed by atoms with Crippen molar-refractivity contribution in [3.63, 3.8) is 0 Å². The normalized spacial score (nSPS) is 19.7. The summed E-state index contributed by atoms with van der Waals surface area (Å²) >= 11 is 0. The van der Waals surface area contributed by atoms with Crippen molar-refractivity contribution in [1.82, 2.24) is 4.90 Å². The number of nitrogen functional groups attached to an aromatic ring is 1. The lowest BCUT2D eigenvalue weighted by molar-refractivity contribution is 0.150. The number of nitrogens with zero attached hydrogens (tertiary/aromatic N) is 1. The zero-order chi connectivity index (χ0) is 13.2. The highest BCUT2D eigenvalue weighted by atomic mass is 19.1. The van der Waals surface area contributed by atoms with Gasteiger partial charge < -0.3 is 16.0 Å². The first-order valence-electron chi connectivity index (χ1n) is 6.46. The molecule has 3 N–H and O–H groups in total. The number of benzene rings is 1. The predicted octanol–water partition coefficient (Wildman–Crippen LogP) is 2.55. The molecule has 0 atom stereocenters. The minimum atomic E-state index is -0.250. The number of hydrogen-bond donors (Lipinski definition) is 2. The second-order valence-corrected chi connectivity index (χ2v) is 5.70. The number of halogens is 1. The molecule has 0 spiro atoms. The van der Waals surface area contributed by atoms with E-state index in [1.165, 1.54) is 12.1 Å². The highest BCUT2D eigenvalue weighted by Gasteiger charge is 2.28. The fourth-order valence-electron chi connectivity index (χ4n) is 2.33. The second kappa shape index (κ2) is 5.14. The zero-order valence-corrected chi connectivity index (χ0v) is 11.2. The molecule has 0 bridgehead atoms. The molecule has 1 aromatic rings. The van der Waals surface area contributed by atoms with Crippen molar-refractivity contribution in [2.45, 2.75) is 19.8 Å². The maximum Gasteiger partial charge on any atom is 0.125 e. The second-order valence-electron chi connectivity index (χ2n) is 5.70. The van der Waals surface area contributed by atoms with Gasteiger partial charge in [-0.3, -0.25) is 0 Å². The molecule has 1 saturated heterocycles. The molecule has 3 nitrogen and oxygen atoms in total. The summed E-state index contributed by atoms with van der Waals surface area (Å²) in [5.41, 5.74) is 7.41. The van der Waals surface area contributed by atoms with Crippen LogP contribution in [0.3, 0.4) is 0 Å². The Morgan fingerprint density at radius 1 is 1.39 bits per heavy atom. The van der Waals surface area contributed by atoms with Crippen LogP contribution in [0.5, 0.6) is 0 Å². The fraction of sp³-hybridized carbons (Fsp3) is 0.571. The van der Waals surface area contributed by atoms with Crippen LogP contribution >= 0.6 is 0 Å². The highest BCUT2D eigenvalue weighted by Crippen LogP contribution is 2.31. The van der Waals surface area contributed by atoms with Crippen molar-refractivity contribution >= 4 is 11.4 Å². The Balaban J connectivity index is 1.96. The molecule has 0 radical (unpaired) electrons. The topological polar surface area (TPSA) is 41.3 Å². The van der Waals surface area contributed by atoms with Crippen LogP contribution in [0.4, 0.5) is 15.8 Å². The van der Waals surface area contributed by atoms with Gasteiger partial charge in [-0.05, 0) is 56.6 Å². The van der Waals surface area contributed by atoms with Crippen LogP contribution < -0.4 is 11.1 Å². The van der Waals surface area contributed by atoms with Crippen LogP contribution in [-0.2, 0) is 0 Å². The molecule has 1 aromatic carbocycles. The third-order valence-electron chi connectivity index (χ3n) is 3.92. The Kier molecular flexibility index (Phi) is 3.76. The molecule has 0 amide bonds. The van der Waals surface area contributed by atoms with Crippen LogP contribution in [0.2, 0.25) is 0 Å². The molecule has 0 unspecified atom stereocenters. The lowest BCUT2D eigenvalue weighted by Crippen LogP contribution is -2.40. The van der Waals surface area contributed by atoms with Crippen LogP contribution in [0.1, 0.15) is 19.8 Å². The molecule has 2 rings (SSSR count). The summed E-state index contributed by atoms with van der Waals surface area (Å²) in [6, 6.07) is 4.46. The van der Waals surface area contributed by atoms with Crippen molar-refractivity contribution < 1.29 is 4.39 Å². The van der Waals surface area contributed by atoms with E-state index in [1.807, 2.05) is 0 Å². The Morgan fingerprint density at radius 3 is 2.72 bits per heavy atom. The largest absolute Gasteiger partial charge is 0.397 e. The van der Waals surface area contributed by atoms with Crippen LogP contribution in [0.15, 0.2) is 18.2 Å². The van der Waals surface area contributed by atoms with Crippen molar-refractivity contribution in [3.05, 3.63) is 24.0 Å². The van der Waals surface area contributed by atoms with E-state index in [2.05, 4.69) is 24.2 Å². The minimum absolute atomic E-state index is 0.250. The Morgan fingerprint density at radius 2 is 2.06 bits per heavy atom. The van der Waals surface area contributed by atoms with Gasteiger partial charge in [0.1, 0.15) is 5.82 Å². The summed E-state index contributed by atoms with van der Waals surface area (Å²) in [4.78, 5) is 2.35. The molecule has 4 heteroatoms. The number of nitrogens with one attached hydrogen (secondary N) is 1. The molecule has 18 heavy (non-hydrogen) atoms. The van der Waals surface area contributed by atoms with Gasteiger partial charge in [0.15, 0.2) is 0 Å². The summed E-state index contributed by atoms with van der Waals surface area (Å²) in [6.45, 7) is 5.37. The number of anilines is 2. The third-order valence-corrected chi connectivity index (χ3v) is 3.92. The maximum absolute atomic E-state index is 13.2. The van der Waals surface area contributed by atoms with E-state index in [0.29, 0.717) is 11.4 Å². The quantitative estimate of drug-likeness (QED) is 0.811. The van der Waals surface area contributed by atoms with Gasteiger partial charge in [0.25, 0.3) is 0 Å². The van der Waals surface area contributed by atoms with Gasteiger partial charge in [-0.1, -0.05) is 6.92 Å². The van der Waals surface area contributed by atoms with Crippen molar-refractivity contribution in [1.29, 1.82) is 0 Å².